The fourth-order valence-corrected chi connectivity index (χ4v) is 1.99. The summed E-state index contributed by atoms with van der Waals surface area (Å²) in [5.74, 6) is -2.05. The summed E-state index contributed by atoms with van der Waals surface area (Å²) in [5, 5.41) is 2.65. The van der Waals surface area contributed by atoms with Crippen molar-refractivity contribution in [1.82, 2.24) is 0 Å². The van der Waals surface area contributed by atoms with Gasteiger partial charge in [-0.3, -0.25) is 4.79 Å². The molecule has 0 heterocycles. The second kappa shape index (κ2) is 7.59. The highest BCUT2D eigenvalue weighted by molar-refractivity contribution is 5.97. The van der Waals surface area contributed by atoms with E-state index in [-0.39, 0.29) is 5.56 Å². The van der Waals surface area contributed by atoms with Crippen LogP contribution in [0.15, 0.2) is 48.5 Å². The molecule has 0 spiro atoms. The van der Waals surface area contributed by atoms with Gasteiger partial charge in [-0.25, -0.2) is 9.18 Å². The summed E-state index contributed by atoms with van der Waals surface area (Å²) in [6.07, 6.45) is -1.05. The average Bonchev–Trinajstić information content (AvgIpc) is 2.55. The Balaban J connectivity index is 1.97. The third kappa shape index (κ3) is 4.32. The Bertz CT molecular complexity index is 729. The van der Waals surface area contributed by atoms with Gasteiger partial charge < -0.3 is 15.0 Å². The summed E-state index contributed by atoms with van der Waals surface area (Å²) < 4.78 is 18.6. The van der Waals surface area contributed by atoms with Gasteiger partial charge >= 0.3 is 5.97 Å². The van der Waals surface area contributed by atoms with Crippen LogP contribution in [0.1, 0.15) is 17.3 Å². The van der Waals surface area contributed by atoms with Crippen LogP contribution in [0, 0.1) is 5.82 Å². The topological polar surface area (TPSA) is 58.6 Å². The minimum absolute atomic E-state index is 0.201. The first-order chi connectivity index (χ1) is 11.4. The van der Waals surface area contributed by atoms with Crippen LogP contribution in [0.25, 0.3) is 0 Å². The van der Waals surface area contributed by atoms with E-state index in [1.165, 1.54) is 25.1 Å². The van der Waals surface area contributed by atoms with Crippen molar-refractivity contribution in [3.63, 3.8) is 0 Å². The molecule has 0 saturated heterocycles. The smallest absolute Gasteiger partial charge is 0.341 e. The quantitative estimate of drug-likeness (QED) is 0.856. The first kappa shape index (κ1) is 17.5. The number of rotatable bonds is 5. The van der Waals surface area contributed by atoms with E-state index in [2.05, 4.69) is 5.32 Å². The summed E-state index contributed by atoms with van der Waals surface area (Å²) in [6, 6.07) is 12.7. The summed E-state index contributed by atoms with van der Waals surface area (Å²) in [6.45, 7) is 1.43. The van der Waals surface area contributed by atoms with E-state index < -0.39 is 23.8 Å². The molecule has 1 N–H and O–H groups in total. The number of carbonyl (C=O) groups excluding carboxylic acids is 2. The Morgan fingerprint density at radius 3 is 2.29 bits per heavy atom. The van der Waals surface area contributed by atoms with Gasteiger partial charge in [-0.15, -0.1) is 0 Å². The fourth-order valence-electron chi connectivity index (χ4n) is 1.99. The van der Waals surface area contributed by atoms with E-state index in [0.29, 0.717) is 5.69 Å². The van der Waals surface area contributed by atoms with Crippen molar-refractivity contribution < 1.29 is 18.7 Å². The summed E-state index contributed by atoms with van der Waals surface area (Å²) in [4.78, 5) is 25.9. The first-order valence-electron chi connectivity index (χ1n) is 7.42. The molecule has 0 aromatic heterocycles. The normalized spacial score (nSPS) is 11.5. The van der Waals surface area contributed by atoms with Crippen LogP contribution < -0.4 is 10.2 Å². The Hall–Kier alpha value is -2.89. The molecule has 6 heteroatoms. The zero-order chi connectivity index (χ0) is 17.7. The molecular formula is C18H19FN2O3. The highest BCUT2D eigenvalue weighted by Crippen LogP contribution is 2.16. The van der Waals surface area contributed by atoms with Crippen LogP contribution in [-0.4, -0.2) is 32.1 Å². The number of nitrogens with one attached hydrogen (secondary N) is 1. The van der Waals surface area contributed by atoms with E-state index >= 15 is 0 Å². The molecule has 0 aliphatic rings. The van der Waals surface area contributed by atoms with Crippen LogP contribution in [0.5, 0.6) is 0 Å². The number of carbonyl (C=O) groups is 2. The monoisotopic (exact) mass is 330 g/mol. The molecule has 2 rings (SSSR count). The highest BCUT2D eigenvalue weighted by atomic mass is 19.1. The second-order valence-corrected chi connectivity index (χ2v) is 5.46. The van der Waals surface area contributed by atoms with Gasteiger partial charge in [0.15, 0.2) is 6.10 Å². The zero-order valence-electron chi connectivity index (χ0n) is 13.7. The van der Waals surface area contributed by atoms with Crippen molar-refractivity contribution in [2.45, 2.75) is 13.0 Å². The second-order valence-electron chi connectivity index (χ2n) is 5.46. The summed E-state index contributed by atoms with van der Waals surface area (Å²) in [5.41, 5.74) is 1.37. The molecule has 1 atom stereocenters. The number of benzene rings is 2. The number of nitrogens with zero attached hydrogens (tertiary/aromatic N) is 1. The van der Waals surface area contributed by atoms with E-state index in [4.69, 9.17) is 4.74 Å². The molecule has 0 fully saturated rings. The van der Waals surface area contributed by atoms with Gasteiger partial charge in [0.05, 0.1) is 5.56 Å². The first-order valence-corrected chi connectivity index (χ1v) is 7.42. The maximum absolute atomic E-state index is 13.5. The Labute approximate surface area is 140 Å². The molecule has 0 aliphatic heterocycles. The molecule has 126 valence electrons. The van der Waals surface area contributed by atoms with Crippen molar-refractivity contribution in [2.24, 2.45) is 0 Å². The van der Waals surface area contributed by atoms with E-state index in [9.17, 15) is 14.0 Å². The van der Waals surface area contributed by atoms with E-state index in [1.54, 1.807) is 12.1 Å². The Kier molecular flexibility index (Phi) is 5.52. The molecule has 5 nitrogen and oxygen atoms in total. The minimum Gasteiger partial charge on any atom is -0.449 e. The molecule has 24 heavy (non-hydrogen) atoms. The number of hydrogen-bond donors (Lipinski definition) is 1. The summed E-state index contributed by atoms with van der Waals surface area (Å²) >= 11 is 0. The predicted octanol–water partition coefficient (Wildman–Crippen LogP) is 3.08. The van der Waals surface area contributed by atoms with Crippen LogP contribution in [-0.2, 0) is 9.53 Å². The molecule has 0 radical (unpaired) electrons. The fraction of sp³-hybridized carbons (Fsp3) is 0.222. The SMILES string of the molecule is C[C@H](OC(=O)c1ccccc1F)C(=O)Nc1ccc(N(C)C)cc1. The lowest BCUT2D eigenvalue weighted by atomic mass is 10.2. The molecule has 2 aromatic rings. The summed E-state index contributed by atoms with van der Waals surface area (Å²) in [7, 11) is 3.83. The van der Waals surface area contributed by atoms with Gasteiger partial charge in [-0.2, -0.15) is 0 Å². The lowest BCUT2D eigenvalue weighted by molar-refractivity contribution is -0.123. The Morgan fingerprint density at radius 2 is 1.71 bits per heavy atom. The number of ether oxygens (including phenoxy) is 1. The number of amides is 1. The number of hydrogen-bond acceptors (Lipinski definition) is 4. The molecule has 0 unspecified atom stereocenters. The molecule has 0 saturated carbocycles. The largest absolute Gasteiger partial charge is 0.449 e. The van der Waals surface area contributed by atoms with Crippen LogP contribution in [0.3, 0.4) is 0 Å². The van der Waals surface area contributed by atoms with Crippen molar-refractivity contribution in [3.05, 3.63) is 59.9 Å². The van der Waals surface area contributed by atoms with Crippen molar-refractivity contribution in [2.75, 3.05) is 24.3 Å². The molecule has 0 aliphatic carbocycles. The highest BCUT2D eigenvalue weighted by Gasteiger charge is 2.20. The lowest BCUT2D eigenvalue weighted by Crippen LogP contribution is -2.30. The zero-order valence-corrected chi connectivity index (χ0v) is 13.7. The van der Waals surface area contributed by atoms with E-state index in [1.807, 2.05) is 31.1 Å². The number of esters is 1. The molecule has 1 amide bonds. The number of anilines is 2. The Morgan fingerprint density at radius 1 is 1.08 bits per heavy atom. The third-order valence-corrected chi connectivity index (χ3v) is 3.40. The average molecular weight is 330 g/mol. The van der Waals surface area contributed by atoms with Gasteiger partial charge in [0.25, 0.3) is 5.91 Å². The maximum Gasteiger partial charge on any atom is 0.341 e. The molecular weight excluding hydrogens is 311 g/mol. The van der Waals surface area contributed by atoms with Crippen molar-refractivity contribution in [1.29, 1.82) is 0 Å². The van der Waals surface area contributed by atoms with Crippen LogP contribution in [0.2, 0.25) is 0 Å². The van der Waals surface area contributed by atoms with Crippen molar-refractivity contribution in [3.8, 4) is 0 Å². The standard InChI is InChI=1S/C18H19FN2O3/c1-12(24-18(23)15-6-4-5-7-16(15)19)17(22)20-13-8-10-14(11-9-13)21(2)3/h4-12H,1-3H3,(H,20,22)/t12-/m0/s1. The molecule has 2 aromatic carbocycles. The van der Waals surface area contributed by atoms with E-state index in [0.717, 1.165) is 11.8 Å². The van der Waals surface area contributed by atoms with Crippen LogP contribution in [0.4, 0.5) is 15.8 Å². The van der Waals surface area contributed by atoms with Gasteiger partial charge in [-0.1, -0.05) is 12.1 Å². The van der Waals surface area contributed by atoms with Crippen LogP contribution >= 0.6 is 0 Å². The molecule has 0 bridgehead atoms. The lowest BCUT2D eigenvalue weighted by Gasteiger charge is -2.15. The van der Waals surface area contributed by atoms with Crippen molar-refractivity contribution >= 4 is 23.3 Å². The van der Waals surface area contributed by atoms with Gasteiger partial charge in [0.2, 0.25) is 0 Å². The predicted molar refractivity (Wildman–Crippen MR) is 90.7 cm³/mol. The van der Waals surface area contributed by atoms with Gasteiger partial charge in [0, 0.05) is 25.5 Å². The maximum atomic E-state index is 13.5. The minimum atomic E-state index is -1.05. The van der Waals surface area contributed by atoms with Gasteiger partial charge in [0.1, 0.15) is 5.82 Å². The third-order valence-electron chi connectivity index (χ3n) is 3.40. The van der Waals surface area contributed by atoms with Gasteiger partial charge in [-0.05, 0) is 43.3 Å². The number of halogens is 1.